The molecule has 25 heavy (non-hydrogen) atoms. The van der Waals surface area contributed by atoms with Gasteiger partial charge in [0.2, 0.25) is 11.2 Å². The summed E-state index contributed by atoms with van der Waals surface area (Å²) in [5.41, 5.74) is 0.177. The Morgan fingerprint density at radius 2 is 1.56 bits per heavy atom. The molecular formula is C18H16O7. The summed E-state index contributed by atoms with van der Waals surface area (Å²) in [7, 11) is 4.36. The Kier molecular flexibility index (Phi) is 4.14. The lowest BCUT2D eigenvalue weighted by atomic mass is 10.1. The maximum absolute atomic E-state index is 12.7. The molecule has 2 N–H and O–H groups in total. The molecule has 7 nitrogen and oxygen atoms in total. The number of hydrogen-bond acceptors (Lipinski definition) is 7. The molecule has 0 spiro atoms. The number of aromatic hydroxyl groups is 2. The zero-order chi connectivity index (χ0) is 18.1. The van der Waals surface area contributed by atoms with Crippen molar-refractivity contribution in [3.8, 4) is 40.1 Å². The van der Waals surface area contributed by atoms with Gasteiger partial charge in [0.15, 0.2) is 28.8 Å². The van der Waals surface area contributed by atoms with E-state index >= 15 is 0 Å². The number of phenols is 2. The first-order valence-corrected chi connectivity index (χ1v) is 7.29. The van der Waals surface area contributed by atoms with Gasteiger partial charge in [0, 0.05) is 11.6 Å². The van der Waals surface area contributed by atoms with E-state index < -0.39 is 11.2 Å². The Labute approximate surface area is 142 Å². The highest BCUT2D eigenvalue weighted by molar-refractivity contribution is 5.85. The SMILES string of the molecule is COc1ccc(-c2oc3cc(O)c(O)cc3c(=O)c2OC)cc1OC. The van der Waals surface area contributed by atoms with E-state index in [1.165, 1.54) is 27.4 Å². The van der Waals surface area contributed by atoms with Gasteiger partial charge >= 0.3 is 0 Å². The van der Waals surface area contributed by atoms with Gasteiger partial charge in [-0.3, -0.25) is 4.79 Å². The van der Waals surface area contributed by atoms with Crippen LogP contribution < -0.4 is 19.6 Å². The van der Waals surface area contributed by atoms with Gasteiger partial charge in [-0.2, -0.15) is 0 Å². The van der Waals surface area contributed by atoms with E-state index in [9.17, 15) is 15.0 Å². The summed E-state index contributed by atoms with van der Waals surface area (Å²) in [4.78, 5) is 12.7. The summed E-state index contributed by atoms with van der Waals surface area (Å²) < 4.78 is 21.4. The van der Waals surface area contributed by atoms with Crippen LogP contribution in [-0.4, -0.2) is 31.5 Å². The Morgan fingerprint density at radius 1 is 0.880 bits per heavy atom. The normalized spacial score (nSPS) is 10.7. The van der Waals surface area contributed by atoms with E-state index in [1.54, 1.807) is 18.2 Å². The molecule has 0 unspecified atom stereocenters. The van der Waals surface area contributed by atoms with Crippen LogP contribution in [0.5, 0.6) is 28.7 Å². The van der Waals surface area contributed by atoms with Crippen molar-refractivity contribution in [1.82, 2.24) is 0 Å². The summed E-state index contributed by atoms with van der Waals surface area (Å²) in [5, 5.41) is 19.4. The van der Waals surface area contributed by atoms with Gasteiger partial charge in [-0.1, -0.05) is 0 Å². The van der Waals surface area contributed by atoms with Crippen LogP contribution in [0.4, 0.5) is 0 Å². The van der Waals surface area contributed by atoms with Gasteiger partial charge in [0.25, 0.3) is 0 Å². The maximum Gasteiger partial charge on any atom is 0.235 e. The number of ether oxygens (including phenoxy) is 3. The number of methoxy groups -OCH3 is 3. The summed E-state index contributed by atoms with van der Waals surface area (Å²) in [6.45, 7) is 0. The van der Waals surface area contributed by atoms with Crippen LogP contribution in [0.15, 0.2) is 39.5 Å². The minimum atomic E-state index is -0.469. The minimum absolute atomic E-state index is 0.0233. The molecule has 0 radical (unpaired) electrons. The number of hydrogen-bond donors (Lipinski definition) is 2. The van der Waals surface area contributed by atoms with Crippen molar-refractivity contribution < 1.29 is 28.8 Å². The van der Waals surface area contributed by atoms with Crippen LogP contribution >= 0.6 is 0 Å². The zero-order valence-corrected chi connectivity index (χ0v) is 13.8. The van der Waals surface area contributed by atoms with Gasteiger partial charge in [0.05, 0.1) is 26.7 Å². The third-order valence-electron chi connectivity index (χ3n) is 3.80. The maximum atomic E-state index is 12.7. The largest absolute Gasteiger partial charge is 0.504 e. The Bertz CT molecular complexity index is 1000. The first-order chi connectivity index (χ1) is 12.0. The molecule has 0 aliphatic rings. The van der Waals surface area contributed by atoms with Crippen molar-refractivity contribution in [2.45, 2.75) is 0 Å². The van der Waals surface area contributed by atoms with Gasteiger partial charge in [-0.25, -0.2) is 0 Å². The summed E-state index contributed by atoms with van der Waals surface area (Å²) in [6, 6.07) is 7.32. The molecule has 7 heteroatoms. The molecule has 2 aromatic carbocycles. The van der Waals surface area contributed by atoms with Crippen LogP contribution in [-0.2, 0) is 0 Å². The Morgan fingerprint density at radius 3 is 2.20 bits per heavy atom. The van der Waals surface area contributed by atoms with E-state index in [4.69, 9.17) is 18.6 Å². The van der Waals surface area contributed by atoms with E-state index in [1.807, 2.05) is 0 Å². The van der Waals surface area contributed by atoms with Crippen molar-refractivity contribution in [1.29, 1.82) is 0 Å². The summed E-state index contributed by atoms with van der Waals surface area (Å²) >= 11 is 0. The fourth-order valence-corrected chi connectivity index (χ4v) is 2.55. The smallest absolute Gasteiger partial charge is 0.235 e. The van der Waals surface area contributed by atoms with Crippen molar-refractivity contribution in [2.24, 2.45) is 0 Å². The molecule has 1 aromatic heterocycles. The average molecular weight is 344 g/mol. The van der Waals surface area contributed by atoms with Gasteiger partial charge < -0.3 is 28.8 Å². The third kappa shape index (κ3) is 2.69. The molecule has 0 bridgehead atoms. The highest BCUT2D eigenvalue weighted by Gasteiger charge is 2.19. The fourth-order valence-electron chi connectivity index (χ4n) is 2.55. The highest BCUT2D eigenvalue weighted by atomic mass is 16.5. The number of rotatable bonds is 4. The van der Waals surface area contributed by atoms with Gasteiger partial charge in [-0.05, 0) is 24.3 Å². The highest BCUT2D eigenvalue weighted by Crippen LogP contribution is 2.38. The molecular weight excluding hydrogens is 328 g/mol. The van der Waals surface area contributed by atoms with Crippen LogP contribution in [0.25, 0.3) is 22.3 Å². The molecule has 3 rings (SSSR count). The van der Waals surface area contributed by atoms with E-state index in [-0.39, 0.29) is 28.2 Å². The monoisotopic (exact) mass is 344 g/mol. The molecule has 0 saturated heterocycles. The molecule has 0 amide bonds. The van der Waals surface area contributed by atoms with Crippen molar-refractivity contribution in [3.05, 3.63) is 40.6 Å². The van der Waals surface area contributed by atoms with E-state index in [2.05, 4.69) is 0 Å². The molecule has 0 aliphatic carbocycles. The number of phenolic OH excluding ortho intramolecular Hbond substituents is 2. The lowest BCUT2D eigenvalue weighted by Crippen LogP contribution is -2.07. The average Bonchev–Trinajstić information content (AvgIpc) is 2.62. The second-order valence-electron chi connectivity index (χ2n) is 5.20. The topological polar surface area (TPSA) is 98.4 Å². The zero-order valence-electron chi connectivity index (χ0n) is 13.8. The Hall–Kier alpha value is -3.35. The number of benzene rings is 2. The summed E-state index contributed by atoms with van der Waals surface area (Å²) in [6.07, 6.45) is 0. The third-order valence-corrected chi connectivity index (χ3v) is 3.80. The molecule has 130 valence electrons. The van der Waals surface area contributed by atoms with Crippen LogP contribution in [0.2, 0.25) is 0 Å². The van der Waals surface area contributed by atoms with E-state index in [0.29, 0.717) is 17.1 Å². The Balaban J connectivity index is 2.32. The second kappa shape index (κ2) is 6.27. The van der Waals surface area contributed by atoms with Crippen LogP contribution in [0.3, 0.4) is 0 Å². The predicted molar refractivity (Wildman–Crippen MR) is 90.9 cm³/mol. The second-order valence-corrected chi connectivity index (χ2v) is 5.20. The van der Waals surface area contributed by atoms with Gasteiger partial charge in [-0.15, -0.1) is 0 Å². The molecule has 1 heterocycles. The first-order valence-electron chi connectivity index (χ1n) is 7.29. The lowest BCUT2D eigenvalue weighted by Gasteiger charge is -2.12. The molecule has 0 aliphatic heterocycles. The molecule has 0 fully saturated rings. The molecule has 3 aromatic rings. The van der Waals surface area contributed by atoms with Crippen molar-refractivity contribution in [3.63, 3.8) is 0 Å². The van der Waals surface area contributed by atoms with Crippen LogP contribution in [0, 0.1) is 0 Å². The quantitative estimate of drug-likeness (QED) is 0.702. The predicted octanol–water partition coefficient (Wildman–Crippen LogP) is 2.90. The van der Waals surface area contributed by atoms with Crippen molar-refractivity contribution in [2.75, 3.05) is 21.3 Å². The molecule has 0 saturated carbocycles. The lowest BCUT2D eigenvalue weighted by molar-refractivity contribution is 0.355. The standard InChI is InChI=1S/C18H16O7/c1-22-13-5-4-9(6-15(13)23-2)17-18(24-3)16(21)10-7-11(19)12(20)8-14(10)25-17/h4-8,19-20H,1-3H3. The van der Waals surface area contributed by atoms with Gasteiger partial charge in [0.1, 0.15) is 5.58 Å². The van der Waals surface area contributed by atoms with Crippen molar-refractivity contribution >= 4 is 11.0 Å². The minimum Gasteiger partial charge on any atom is -0.504 e. The van der Waals surface area contributed by atoms with Crippen LogP contribution in [0.1, 0.15) is 0 Å². The number of fused-ring (bicyclic) bond motifs is 1. The first kappa shape index (κ1) is 16.5. The summed E-state index contributed by atoms with van der Waals surface area (Å²) in [5.74, 6) is 0.324. The van der Waals surface area contributed by atoms with E-state index in [0.717, 1.165) is 6.07 Å². The fraction of sp³-hybridized carbons (Fsp3) is 0.167. The molecule has 0 atom stereocenters.